The molecular formula is C26H30N4O. The summed E-state index contributed by atoms with van der Waals surface area (Å²) in [5.74, 6) is 0.270. The molecule has 1 amide bonds. The SMILES string of the molecule is Cc1cccc(CNC(=O)c2ccc(C)nc2C2CCN(Cc3cccnc3)CC2)c1. The van der Waals surface area contributed by atoms with Gasteiger partial charge in [-0.15, -0.1) is 0 Å². The van der Waals surface area contributed by atoms with E-state index in [1.165, 1.54) is 11.1 Å². The average molecular weight is 415 g/mol. The highest BCUT2D eigenvalue weighted by Crippen LogP contribution is 2.30. The van der Waals surface area contributed by atoms with Crippen molar-refractivity contribution in [3.8, 4) is 0 Å². The molecule has 1 aliphatic heterocycles. The van der Waals surface area contributed by atoms with Gasteiger partial charge in [0.1, 0.15) is 0 Å². The van der Waals surface area contributed by atoms with Gasteiger partial charge in [0.05, 0.1) is 11.3 Å². The van der Waals surface area contributed by atoms with Gasteiger partial charge in [0.2, 0.25) is 0 Å². The van der Waals surface area contributed by atoms with Crippen LogP contribution in [0.5, 0.6) is 0 Å². The zero-order valence-corrected chi connectivity index (χ0v) is 18.3. The number of aryl methyl sites for hydroxylation is 2. The minimum atomic E-state index is -0.0400. The Balaban J connectivity index is 1.41. The fourth-order valence-electron chi connectivity index (χ4n) is 4.29. The first-order valence-corrected chi connectivity index (χ1v) is 11.0. The molecule has 5 nitrogen and oxygen atoms in total. The first-order valence-electron chi connectivity index (χ1n) is 11.0. The molecule has 1 N–H and O–H groups in total. The fraction of sp³-hybridized carbons (Fsp3) is 0.346. The molecular weight excluding hydrogens is 384 g/mol. The normalized spacial score (nSPS) is 15.0. The number of hydrogen-bond donors (Lipinski definition) is 1. The first kappa shape index (κ1) is 21.2. The van der Waals surface area contributed by atoms with Crippen molar-refractivity contribution in [3.05, 3.63) is 94.6 Å². The van der Waals surface area contributed by atoms with E-state index >= 15 is 0 Å². The van der Waals surface area contributed by atoms with Crippen LogP contribution in [0.4, 0.5) is 0 Å². The number of carbonyl (C=O) groups excluding carboxylic acids is 1. The standard InChI is InChI=1S/C26H30N4O/c1-19-5-3-6-21(15-19)17-28-26(31)24-9-8-20(2)29-25(24)23-10-13-30(14-11-23)18-22-7-4-12-27-16-22/h3-9,12,15-16,23H,10-11,13-14,17-18H2,1-2H3,(H,28,31). The van der Waals surface area contributed by atoms with Crippen LogP contribution in [0, 0.1) is 13.8 Å². The van der Waals surface area contributed by atoms with Gasteiger partial charge in [-0.05, 0) is 69.1 Å². The van der Waals surface area contributed by atoms with E-state index in [4.69, 9.17) is 4.98 Å². The quantitative estimate of drug-likeness (QED) is 0.649. The third-order valence-corrected chi connectivity index (χ3v) is 5.95. The van der Waals surface area contributed by atoms with Crippen molar-refractivity contribution < 1.29 is 4.79 Å². The topological polar surface area (TPSA) is 58.1 Å². The van der Waals surface area contributed by atoms with Crippen LogP contribution < -0.4 is 5.32 Å². The molecule has 31 heavy (non-hydrogen) atoms. The van der Waals surface area contributed by atoms with Gasteiger partial charge in [-0.1, -0.05) is 35.9 Å². The highest BCUT2D eigenvalue weighted by Gasteiger charge is 2.26. The Bertz CT molecular complexity index is 1030. The van der Waals surface area contributed by atoms with Gasteiger partial charge >= 0.3 is 0 Å². The Hall–Kier alpha value is -3.05. The Kier molecular flexibility index (Phi) is 6.73. The van der Waals surface area contributed by atoms with Gasteiger partial charge in [-0.25, -0.2) is 0 Å². The van der Waals surface area contributed by atoms with Crippen LogP contribution in [0.1, 0.15) is 57.2 Å². The van der Waals surface area contributed by atoms with Crippen molar-refractivity contribution >= 4 is 5.91 Å². The molecule has 1 saturated heterocycles. The number of pyridine rings is 2. The summed E-state index contributed by atoms with van der Waals surface area (Å²) >= 11 is 0. The van der Waals surface area contributed by atoms with Gasteiger partial charge < -0.3 is 5.32 Å². The monoisotopic (exact) mass is 414 g/mol. The van der Waals surface area contributed by atoms with Gasteiger partial charge in [0, 0.05) is 37.1 Å². The second-order valence-electron chi connectivity index (χ2n) is 8.47. The molecule has 0 saturated carbocycles. The van der Waals surface area contributed by atoms with Crippen LogP contribution in [0.3, 0.4) is 0 Å². The first-order chi connectivity index (χ1) is 15.1. The van der Waals surface area contributed by atoms with E-state index in [0.29, 0.717) is 18.0 Å². The fourth-order valence-corrected chi connectivity index (χ4v) is 4.29. The van der Waals surface area contributed by atoms with E-state index in [2.05, 4.69) is 40.3 Å². The lowest BCUT2D eigenvalue weighted by atomic mass is 9.89. The molecule has 0 spiro atoms. The largest absolute Gasteiger partial charge is 0.348 e. The number of nitrogens with one attached hydrogen (secondary N) is 1. The number of piperidine rings is 1. The lowest BCUT2D eigenvalue weighted by Gasteiger charge is -2.32. The van der Waals surface area contributed by atoms with E-state index in [1.807, 2.05) is 49.6 Å². The van der Waals surface area contributed by atoms with Crippen LogP contribution in [-0.4, -0.2) is 33.9 Å². The van der Waals surface area contributed by atoms with Crippen molar-refractivity contribution in [1.82, 2.24) is 20.2 Å². The summed E-state index contributed by atoms with van der Waals surface area (Å²) in [6.45, 7) is 7.51. The summed E-state index contributed by atoms with van der Waals surface area (Å²) in [5, 5.41) is 3.09. The van der Waals surface area contributed by atoms with Crippen LogP contribution >= 0.6 is 0 Å². The third kappa shape index (κ3) is 5.56. The van der Waals surface area contributed by atoms with Crippen LogP contribution in [0.25, 0.3) is 0 Å². The predicted molar refractivity (Wildman–Crippen MR) is 123 cm³/mol. The number of carbonyl (C=O) groups is 1. The number of aromatic nitrogens is 2. The number of hydrogen-bond acceptors (Lipinski definition) is 4. The molecule has 2 aromatic heterocycles. The van der Waals surface area contributed by atoms with E-state index < -0.39 is 0 Å². The van der Waals surface area contributed by atoms with Crippen molar-refractivity contribution in [2.45, 2.75) is 45.7 Å². The number of likely N-dealkylation sites (tertiary alicyclic amines) is 1. The molecule has 0 bridgehead atoms. The summed E-state index contributed by atoms with van der Waals surface area (Å²) in [6, 6.07) is 16.2. The van der Waals surface area contributed by atoms with Crippen LogP contribution in [-0.2, 0) is 13.1 Å². The molecule has 0 unspecified atom stereocenters. The smallest absolute Gasteiger partial charge is 0.253 e. The highest BCUT2D eigenvalue weighted by atomic mass is 16.1. The minimum Gasteiger partial charge on any atom is -0.348 e. The van der Waals surface area contributed by atoms with Crippen molar-refractivity contribution in [2.24, 2.45) is 0 Å². The average Bonchev–Trinajstić information content (AvgIpc) is 2.79. The van der Waals surface area contributed by atoms with Gasteiger partial charge in [0.15, 0.2) is 0 Å². The molecule has 5 heteroatoms. The van der Waals surface area contributed by atoms with Gasteiger partial charge in [-0.2, -0.15) is 0 Å². The lowest BCUT2D eigenvalue weighted by molar-refractivity contribution is 0.0948. The summed E-state index contributed by atoms with van der Waals surface area (Å²) < 4.78 is 0. The predicted octanol–water partition coefficient (Wildman–Crippen LogP) is 4.40. The van der Waals surface area contributed by atoms with Crippen molar-refractivity contribution in [3.63, 3.8) is 0 Å². The zero-order chi connectivity index (χ0) is 21.6. The van der Waals surface area contributed by atoms with E-state index in [-0.39, 0.29) is 5.91 Å². The highest BCUT2D eigenvalue weighted by molar-refractivity contribution is 5.95. The maximum Gasteiger partial charge on any atom is 0.253 e. The summed E-state index contributed by atoms with van der Waals surface area (Å²) in [5.41, 5.74) is 6.17. The lowest BCUT2D eigenvalue weighted by Crippen LogP contribution is -2.34. The van der Waals surface area contributed by atoms with E-state index in [0.717, 1.165) is 49.4 Å². The zero-order valence-electron chi connectivity index (χ0n) is 18.3. The van der Waals surface area contributed by atoms with Gasteiger partial charge in [0.25, 0.3) is 5.91 Å². The molecule has 160 valence electrons. The molecule has 0 aliphatic carbocycles. The third-order valence-electron chi connectivity index (χ3n) is 5.95. The second kappa shape index (κ2) is 9.84. The number of nitrogens with zero attached hydrogens (tertiary/aromatic N) is 3. The van der Waals surface area contributed by atoms with E-state index in [9.17, 15) is 4.79 Å². The Morgan fingerprint density at radius 3 is 2.61 bits per heavy atom. The molecule has 1 fully saturated rings. The summed E-state index contributed by atoms with van der Waals surface area (Å²) in [6.07, 6.45) is 5.76. The maximum atomic E-state index is 13.0. The molecule has 0 radical (unpaired) electrons. The Labute approximate surface area is 184 Å². The molecule has 3 heterocycles. The Morgan fingerprint density at radius 1 is 1.06 bits per heavy atom. The molecule has 4 rings (SSSR count). The van der Waals surface area contributed by atoms with Crippen LogP contribution in [0.2, 0.25) is 0 Å². The van der Waals surface area contributed by atoms with E-state index in [1.54, 1.807) is 0 Å². The molecule has 1 aromatic carbocycles. The summed E-state index contributed by atoms with van der Waals surface area (Å²) in [4.78, 5) is 24.5. The molecule has 3 aromatic rings. The minimum absolute atomic E-state index is 0.0400. The van der Waals surface area contributed by atoms with Crippen LogP contribution in [0.15, 0.2) is 60.9 Å². The Morgan fingerprint density at radius 2 is 1.87 bits per heavy atom. The second-order valence-corrected chi connectivity index (χ2v) is 8.47. The number of amides is 1. The van der Waals surface area contributed by atoms with Crippen molar-refractivity contribution in [1.29, 1.82) is 0 Å². The van der Waals surface area contributed by atoms with Gasteiger partial charge in [-0.3, -0.25) is 19.7 Å². The maximum absolute atomic E-state index is 13.0. The number of rotatable bonds is 6. The summed E-state index contributed by atoms with van der Waals surface area (Å²) in [7, 11) is 0. The van der Waals surface area contributed by atoms with Crippen molar-refractivity contribution in [2.75, 3.05) is 13.1 Å². The number of benzene rings is 1. The molecule has 1 aliphatic rings. The molecule has 0 atom stereocenters.